The van der Waals surface area contributed by atoms with Crippen molar-refractivity contribution in [1.82, 2.24) is 0 Å². The van der Waals surface area contributed by atoms with E-state index in [2.05, 4.69) is 5.16 Å². The first-order chi connectivity index (χ1) is 8.20. The number of hydrogen-bond donors (Lipinski definition) is 1. The third kappa shape index (κ3) is 2.75. The lowest BCUT2D eigenvalue weighted by Gasteiger charge is -2.25. The summed E-state index contributed by atoms with van der Waals surface area (Å²) < 4.78 is 18.8. The zero-order chi connectivity index (χ0) is 12.3. The lowest BCUT2D eigenvalue weighted by Crippen LogP contribution is -2.20. The van der Waals surface area contributed by atoms with Gasteiger partial charge in [0.1, 0.15) is 11.6 Å². The minimum absolute atomic E-state index is 0.344. The van der Waals surface area contributed by atoms with Crippen LogP contribution < -0.4 is 4.74 Å². The first-order valence-corrected chi connectivity index (χ1v) is 5.82. The van der Waals surface area contributed by atoms with Crippen molar-refractivity contribution < 1.29 is 14.3 Å². The minimum atomic E-state index is -0.344. The van der Waals surface area contributed by atoms with Gasteiger partial charge in [0.15, 0.2) is 0 Å². The molecule has 0 aliphatic heterocycles. The van der Waals surface area contributed by atoms with E-state index in [1.54, 1.807) is 13.0 Å². The molecule has 0 heterocycles. The molecule has 2 rings (SSSR count). The zero-order valence-electron chi connectivity index (χ0n) is 9.82. The number of rotatable bonds is 4. The molecule has 1 aliphatic carbocycles. The van der Waals surface area contributed by atoms with Crippen LogP contribution in [-0.2, 0) is 0 Å². The quantitative estimate of drug-likeness (QED) is 0.496. The smallest absolute Gasteiger partial charge is 0.131 e. The standard InChI is InChI=1S/C13H16FNO2/c1-9(15-16)12-6-5-11(14)7-13(12)17-8-10-3-2-4-10/h5-7,10,16H,2-4,8H2,1H3. The fourth-order valence-corrected chi connectivity index (χ4v) is 1.84. The molecule has 0 bridgehead atoms. The Kier molecular flexibility index (Phi) is 3.61. The van der Waals surface area contributed by atoms with Crippen molar-refractivity contribution in [3.63, 3.8) is 0 Å². The van der Waals surface area contributed by atoms with Gasteiger partial charge in [0.05, 0.1) is 12.3 Å². The summed E-state index contributed by atoms with van der Waals surface area (Å²) in [6.07, 6.45) is 3.61. The Morgan fingerprint density at radius 3 is 2.88 bits per heavy atom. The van der Waals surface area contributed by atoms with Crippen LogP contribution in [0.4, 0.5) is 4.39 Å². The molecule has 0 radical (unpaired) electrons. The SMILES string of the molecule is CC(=NO)c1ccc(F)cc1OCC1CCC1. The fourth-order valence-electron chi connectivity index (χ4n) is 1.84. The molecular weight excluding hydrogens is 221 g/mol. The van der Waals surface area contributed by atoms with Crippen LogP contribution in [0.2, 0.25) is 0 Å². The first-order valence-electron chi connectivity index (χ1n) is 5.82. The Bertz CT molecular complexity index is 427. The summed E-state index contributed by atoms with van der Waals surface area (Å²) in [7, 11) is 0. The molecule has 1 aromatic carbocycles. The monoisotopic (exact) mass is 237 g/mol. The zero-order valence-corrected chi connectivity index (χ0v) is 9.82. The summed E-state index contributed by atoms with van der Waals surface area (Å²) in [6.45, 7) is 2.26. The lowest BCUT2D eigenvalue weighted by molar-refractivity contribution is 0.180. The molecule has 0 amide bonds. The van der Waals surface area contributed by atoms with E-state index >= 15 is 0 Å². The van der Waals surface area contributed by atoms with Gasteiger partial charge in [-0.05, 0) is 37.8 Å². The van der Waals surface area contributed by atoms with Crippen molar-refractivity contribution in [2.75, 3.05) is 6.61 Å². The van der Waals surface area contributed by atoms with E-state index in [-0.39, 0.29) is 5.82 Å². The average molecular weight is 237 g/mol. The highest BCUT2D eigenvalue weighted by Crippen LogP contribution is 2.28. The van der Waals surface area contributed by atoms with Gasteiger partial charge in [0, 0.05) is 11.6 Å². The van der Waals surface area contributed by atoms with Gasteiger partial charge >= 0.3 is 0 Å². The van der Waals surface area contributed by atoms with Gasteiger partial charge in [-0.15, -0.1) is 0 Å². The molecule has 0 saturated heterocycles. The summed E-state index contributed by atoms with van der Waals surface area (Å²) in [4.78, 5) is 0. The van der Waals surface area contributed by atoms with Gasteiger partial charge in [-0.3, -0.25) is 0 Å². The van der Waals surface area contributed by atoms with E-state index in [1.165, 1.54) is 31.4 Å². The summed E-state index contributed by atoms with van der Waals surface area (Å²) in [5, 5.41) is 11.9. The van der Waals surface area contributed by atoms with Crippen LogP contribution in [0.15, 0.2) is 23.4 Å². The van der Waals surface area contributed by atoms with Gasteiger partial charge in [-0.2, -0.15) is 0 Å². The Balaban J connectivity index is 2.14. The first kappa shape index (κ1) is 11.9. The van der Waals surface area contributed by atoms with E-state index in [0.717, 1.165) is 0 Å². The second-order valence-electron chi connectivity index (χ2n) is 4.43. The fraction of sp³-hybridized carbons (Fsp3) is 0.462. The van der Waals surface area contributed by atoms with Gasteiger partial charge in [0.2, 0.25) is 0 Å². The van der Waals surface area contributed by atoms with Crippen LogP contribution in [0, 0.1) is 11.7 Å². The average Bonchev–Trinajstić information content (AvgIpc) is 2.26. The molecular formula is C13H16FNO2. The molecule has 0 atom stereocenters. The number of benzene rings is 1. The molecule has 4 heteroatoms. The molecule has 1 aromatic rings. The van der Waals surface area contributed by atoms with Crippen molar-refractivity contribution in [2.45, 2.75) is 26.2 Å². The highest BCUT2D eigenvalue weighted by Gasteiger charge is 2.19. The van der Waals surface area contributed by atoms with E-state index in [9.17, 15) is 4.39 Å². The maximum atomic E-state index is 13.2. The van der Waals surface area contributed by atoms with Crippen molar-refractivity contribution >= 4 is 5.71 Å². The normalized spacial score (nSPS) is 16.7. The van der Waals surface area contributed by atoms with E-state index in [1.807, 2.05) is 0 Å². The molecule has 92 valence electrons. The maximum Gasteiger partial charge on any atom is 0.131 e. The third-order valence-corrected chi connectivity index (χ3v) is 3.18. The minimum Gasteiger partial charge on any atom is -0.492 e. The van der Waals surface area contributed by atoms with Gasteiger partial charge < -0.3 is 9.94 Å². The van der Waals surface area contributed by atoms with Crippen LogP contribution in [0.5, 0.6) is 5.75 Å². The summed E-state index contributed by atoms with van der Waals surface area (Å²) in [5.74, 6) is 0.688. The lowest BCUT2D eigenvalue weighted by atomic mass is 9.86. The molecule has 3 nitrogen and oxygen atoms in total. The van der Waals surface area contributed by atoms with Crippen molar-refractivity contribution in [2.24, 2.45) is 11.1 Å². The Labute approximate surface area is 99.9 Å². The van der Waals surface area contributed by atoms with Crippen LogP contribution in [0.3, 0.4) is 0 Å². The van der Waals surface area contributed by atoms with E-state index in [4.69, 9.17) is 9.94 Å². The van der Waals surface area contributed by atoms with Crippen LogP contribution in [-0.4, -0.2) is 17.5 Å². The van der Waals surface area contributed by atoms with Gasteiger partial charge in [-0.1, -0.05) is 11.6 Å². The number of oxime groups is 1. The van der Waals surface area contributed by atoms with Gasteiger partial charge in [-0.25, -0.2) is 4.39 Å². The Morgan fingerprint density at radius 1 is 1.53 bits per heavy atom. The highest BCUT2D eigenvalue weighted by atomic mass is 19.1. The number of hydrogen-bond acceptors (Lipinski definition) is 3. The molecule has 1 N–H and O–H groups in total. The topological polar surface area (TPSA) is 41.8 Å². The van der Waals surface area contributed by atoms with Crippen molar-refractivity contribution in [3.05, 3.63) is 29.6 Å². The molecule has 0 aromatic heterocycles. The Morgan fingerprint density at radius 2 is 2.29 bits per heavy atom. The molecule has 0 spiro atoms. The predicted molar refractivity (Wildman–Crippen MR) is 63.2 cm³/mol. The van der Waals surface area contributed by atoms with Gasteiger partial charge in [0.25, 0.3) is 0 Å². The largest absolute Gasteiger partial charge is 0.492 e. The summed E-state index contributed by atoms with van der Waals surface area (Å²) in [5.41, 5.74) is 1.06. The second-order valence-corrected chi connectivity index (χ2v) is 4.43. The van der Waals surface area contributed by atoms with Crippen LogP contribution in [0.1, 0.15) is 31.7 Å². The molecule has 1 fully saturated rings. The highest BCUT2D eigenvalue weighted by molar-refractivity contribution is 6.00. The summed E-state index contributed by atoms with van der Waals surface area (Å²) >= 11 is 0. The van der Waals surface area contributed by atoms with Crippen molar-refractivity contribution in [3.8, 4) is 5.75 Å². The number of nitrogens with zero attached hydrogens (tertiary/aromatic N) is 1. The third-order valence-electron chi connectivity index (χ3n) is 3.18. The Hall–Kier alpha value is -1.58. The van der Waals surface area contributed by atoms with E-state index in [0.29, 0.717) is 29.5 Å². The molecule has 17 heavy (non-hydrogen) atoms. The molecule has 1 saturated carbocycles. The second kappa shape index (κ2) is 5.17. The predicted octanol–water partition coefficient (Wildman–Crippen LogP) is 3.20. The molecule has 0 unspecified atom stereocenters. The van der Waals surface area contributed by atoms with Crippen LogP contribution >= 0.6 is 0 Å². The van der Waals surface area contributed by atoms with Crippen LogP contribution in [0.25, 0.3) is 0 Å². The number of halogens is 1. The maximum absolute atomic E-state index is 13.2. The molecule has 1 aliphatic rings. The van der Waals surface area contributed by atoms with E-state index < -0.39 is 0 Å². The number of ether oxygens (including phenoxy) is 1. The van der Waals surface area contributed by atoms with Crippen molar-refractivity contribution in [1.29, 1.82) is 0 Å². The summed E-state index contributed by atoms with van der Waals surface area (Å²) in [6, 6.07) is 4.24.